The predicted octanol–water partition coefficient (Wildman–Crippen LogP) is 3.65. The van der Waals surface area contributed by atoms with E-state index in [9.17, 15) is 9.50 Å². The fraction of sp³-hybridized carbons (Fsp3) is 0.118. The van der Waals surface area contributed by atoms with Crippen molar-refractivity contribution >= 4 is 0 Å². The molecule has 0 saturated carbocycles. The van der Waals surface area contributed by atoms with Gasteiger partial charge in [0, 0.05) is 11.1 Å². The maximum absolute atomic E-state index is 13.4. The summed E-state index contributed by atoms with van der Waals surface area (Å²) in [7, 11) is 1.59. The minimum atomic E-state index is -0.365. The lowest BCUT2D eigenvalue weighted by Crippen LogP contribution is -1.90. The number of aromatic nitrogens is 1. The Morgan fingerprint density at radius 3 is 2.55 bits per heavy atom. The van der Waals surface area contributed by atoms with Crippen LogP contribution in [-0.4, -0.2) is 17.4 Å². The van der Waals surface area contributed by atoms with Crippen molar-refractivity contribution in [2.24, 2.45) is 0 Å². The number of aliphatic hydroxyl groups is 1. The second-order valence-electron chi connectivity index (χ2n) is 4.74. The van der Waals surface area contributed by atoms with Crippen molar-refractivity contribution in [2.45, 2.75) is 6.61 Å². The highest BCUT2D eigenvalue weighted by molar-refractivity contribution is 5.72. The van der Waals surface area contributed by atoms with Gasteiger partial charge >= 0.3 is 0 Å². The molecule has 22 heavy (non-hydrogen) atoms. The molecule has 0 radical (unpaired) electrons. The van der Waals surface area contributed by atoms with Crippen LogP contribution in [-0.2, 0) is 6.61 Å². The molecule has 0 unspecified atom stereocenters. The third-order valence-electron chi connectivity index (χ3n) is 3.40. The molecule has 0 atom stereocenters. The molecular weight excluding hydrogens is 285 g/mol. The quantitative estimate of drug-likeness (QED) is 0.799. The van der Waals surface area contributed by atoms with E-state index in [1.165, 1.54) is 12.1 Å². The number of nitrogens with zero attached hydrogens (tertiary/aromatic N) is 1. The van der Waals surface area contributed by atoms with Crippen molar-refractivity contribution < 1.29 is 18.8 Å². The Labute approximate surface area is 126 Å². The highest BCUT2D eigenvalue weighted by Gasteiger charge is 2.18. The first-order valence-corrected chi connectivity index (χ1v) is 6.72. The minimum Gasteiger partial charge on any atom is -0.497 e. The van der Waals surface area contributed by atoms with E-state index in [1.807, 2.05) is 12.1 Å². The van der Waals surface area contributed by atoms with E-state index in [-0.39, 0.29) is 12.4 Å². The van der Waals surface area contributed by atoms with Crippen molar-refractivity contribution in [3.05, 3.63) is 59.9 Å². The average molecular weight is 299 g/mol. The molecule has 0 aliphatic heterocycles. The summed E-state index contributed by atoms with van der Waals surface area (Å²) < 4.78 is 23.8. The summed E-state index contributed by atoms with van der Waals surface area (Å²) in [6, 6.07) is 13.2. The van der Waals surface area contributed by atoms with Gasteiger partial charge in [0.05, 0.1) is 19.3 Å². The van der Waals surface area contributed by atoms with Crippen LogP contribution in [0.2, 0.25) is 0 Å². The van der Waals surface area contributed by atoms with Crippen LogP contribution < -0.4 is 4.74 Å². The van der Waals surface area contributed by atoms with E-state index >= 15 is 0 Å². The Morgan fingerprint density at radius 2 is 1.91 bits per heavy atom. The number of ether oxygens (including phenoxy) is 1. The zero-order chi connectivity index (χ0) is 15.5. The van der Waals surface area contributed by atoms with Crippen molar-refractivity contribution in [1.29, 1.82) is 0 Å². The molecule has 0 spiro atoms. The molecule has 3 aromatic rings. The van der Waals surface area contributed by atoms with Crippen LogP contribution in [0.5, 0.6) is 5.75 Å². The minimum absolute atomic E-state index is 0.253. The van der Waals surface area contributed by atoms with Crippen molar-refractivity contribution in [3.63, 3.8) is 0 Å². The number of benzene rings is 2. The zero-order valence-corrected chi connectivity index (χ0v) is 11.9. The Balaban J connectivity index is 2.06. The number of hydrogen-bond donors (Lipinski definition) is 1. The van der Waals surface area contributed by atoms with Crippen molar-refractivity contribution in [1.82, 2.24) is 5.16 Å². The molecule has 0 amide bonds. The van der Waals surface area contributed by atoms with Gasteiger partial charge in [-0.3, -0.25) is 0 Å². The van der Waals surface area contributed by atoms with Crippen LogP contribution in [0.1, 0.15) is 5.56 Å². The van der Waals surface area contributed by atoms with Crippen LogP contribution in [0, 0.1) is 5.82 Å². The van der Waals surface area contributed by atoms with Crippen LogP contribution >= 0.6 is 0 Å². The highest BCUT2D eigenvalue weighted by Crippen LogP contribution is 2.33. The molecule has 0 bridgehead atoms. The first-order valence-electron chi connectivity index (χ1n) is 6.72. The van der Waals surface area contributed by atoms with Crippen LogP contribution in [0.3, 0.4) is 0 Å². The van der Waals surface area contributed by atoms with Crippen LogP contribution in [0.15, 0.2) is 53.1 Å². The Kier molecular flexibility index (Phi) is 3.89. The summed E-state index contributed by atoms with van der Waals surface area (Å²) in [6.07, 6.45) is 0. The number of halogens is 1. The zero-order valence-electron chi connectivity index (χ0n) is 11.9. The standard InChI is InChI=1S/C17H14FNO3/c1-21-14-7-5-11(6-8-14)17-15(10-20)16(19-22-17)12-3-2-4-13(18)9-12/h2-9,20H,10H2,1H3. The normalized spacial score (nSPS) is 10.7. The second kappa shape index (κ2) is 5.99. The monoisotopic (exact) mass is 299 g/mol. The van der Waals surface area contributed by atoms with Gasteiger partial charge < -0.3 is 14.4 Å². The van der Waals surface area contributed by atoms with Crippen LogP contribution in [0.25, 0.3) is 22.6 Å². The Bertz CT molecular complexity index is 781. The van der Waals surface area contributed by atoms with Gasteiger partial charge in [0.2, 0.25) is 0 Å². The largest absolute Gasteiger partial charge is 0.497 e. The van der Waals surface area contributed by atoms with Gasteiger partial charge in [-0.1, -0.05) is 17.3 Å². The molecule has 1 aromatic heterocycles. The maximum atomic E-state index is 13.4. The molecule has 112 valence electrons. The van der Waals surface area contributed by atoms with E-state index in [0.29, 0.717) is 22.6 Å². The summed E-state index contributed by atoms with van der Waals surface area (Å²) >= 11 is 0. The lowest BCUT2D eigenvalue weighted by atomic mass is 10.0. The van der Waals surface area contributed by atoms with Crippen LogP contribution in [0.4, 0.5) is 4.39 Å². The molecule has 0 fully saturated rings. The molecule has 0 aliphatic carbocycles. The van der Waals surface area contributed by atoms with E-state index in [4.69, 9.17) is 9.26 Å². The third-order valence-corrected chi connectivity index (χ3v) is 3.40. The summed E-state index contributed by atoms with van der Waals surface area (Å²) in [6.45, 7) is -0.253. The summed E-state index contributed by atoms with van der Waals surface area (Å²) in [5, 5.41) is 13.6. The average Bonchev–Trinajstić information content (AvgIpc) is 2.99. The van der Waals surface area contributed by atoms with E-state index in [1.54, 1.807) is 31.4 Å². The van der Waals surface area contributed by atoms with Gasteiger partial charge in [-0.05, 0) is 36.4 Å². The van der Waals surface area contributed by atoms with Gasteiger partial charge in [-0.25, -0.2) is 4.39 Å². The van der Waals surface area contributed by atoms with Gasteiger partial charge in [0.1, 0.15) is 17.3 Å². The van der Waals surface area contributed by atoms with Gasteiger partial charge in [-0.2, -0.15) is 0 Å². The van der Waals surface area contributed by atoms with Crippen molar-refractivity contribution in [2.75, 3.05) is 7.11 Å². The predicted molar refractivity (Wildman–Crippen MR) is 79.8 cm³/mol. The summed E-state index contributed by atoms with van der Waals surface area (Å²) in [4.78, 5) is 0. The third kappa shape index (κ3) is 2.58. The molecule has 0 saturated heterocycles. The number of rotatable bonds is 4. The van der Waals surface area contributed by atoms with E-state index in [0.717, 1.165) is 11.3 Å². The molecular formula is C17H14FNO3. The molecule has 1 N–H and O–H groups in total. The van der Waals surface area contributed by atoms with E-state index in [2.05, 4.69) is 5.16 Å². The lowest BCUT2D eigenvalue weighted by Gasteiger charge is -2.03. The Hall–Kier alpha value is -2.66. The molecule has 0 aliphatic rings. The van der Waals surface area contributed by atoms with Gasteiger partial charge in [-0.15, -0.1) is 0 Å². The maximum Gasteiger partial charge on any atom is 0.173 e. The second-order valence-corrected chi connectivity index (χ2v) is 4.74. The smallest absolute Gasteiger partial charge is 0.173 e. The van der Waals surface area contributed by atoms with Crippen molar-refractivity contribution in [3.8, 4) is 28.3 Å². The fourth-order valence-corrected chi connectivity index (χ4v) is 2.29. The lowest BCUT2D eigenvalue weighted by molar-refractivity contribution is 0.281. The first-order chi connectivity index (χ1) is 10.7. The molecule has 3 rings (SSSR count). The fourth-order valence-electron chi connectivity index (χ4n) is 2.29. The van der Waals surface area contributed by atoms with Gasteiger partial charge in [0.15, 0.2) is 5.76 Å². The summed E-state index contributed by atoms with van der Waals surface area (Å²) in [5.41, 5.74) is 2.29. The first kappa shape index (κ1) is 14.3. The topological polar surface area (TPSA) is 55.5 Å². The molecule has 2 aromatic carbocycles. The number of aliphatic hydroxyl groups excluding tert-OH is 1. The Morgan fingerprint density at radius 1 is 1.14 bits per heavy atom. The molecule has 5 heteroatoms. The summed E-state index contributed by atoms with van der Waals surface area (Å²) in [5.74, 6) is 0.818. The molecule has 1 heterocycles. The number of hydrogen-bond acceptors (Lipinski definition) is 4. The molecule has 4 nitrogen and oxygen atoms in total. The van der Waals surface area contributed by atoms with Gasteiger partial charge in [0.25, 0.3) is 0 Å². The SMILES string of the molecule is COc1ccc(-c2onc(-c3cccc(F)c3)c2CO)cc1. The van der Waals surface area contributed by atoms with E-state index < -0.39 is 0 Å². The number of methoxy groups -OCH3 is 1. The highest BCUT2D eigenvalue weighted by atomic mass is 19.1.